The molecule has 0 aliphatic carbocycles. The number of piperidine rings is 1. The fourth-order valence-corrected chi connectivity index (χ4v) is 2.91. The molecule has 1 atom stereocenters. The predicted molar refractivity (Wildman–Crippen MR) is 76.5 cm³/mol. The Morgan fingerprint density at radius 2 is 1.83 bits per heavy atom. The van der Waals surface area contributed by atoms with Gasteiger partial charge in [0.15, 0.2) is 0 Å². The number of hydrogen-bond donors (Lipinski definition) is 2. The number of hydrogen-bond acceptors (Lipinski definition) is 3. The molecule has 1 heterocycles. The van der Waals surface area contributed by atoms with E-state index >= 15 is 0 Å². The van der Waals surface area contributed by atoms with E-state index in [-0.39, 0.29) is 6.61 Å². The molecule has 1 saturated heterocycles. The van der Waals surface area contributed by atoms with Crippen LogP contribution < -0.4 is 10.6 Å². The number of anilines is 1. The first kappa shape index (κ1) is 13.9. The first-order valence-corrected chi connectivity index (χ1v) is 7.00. The van der Waals surface area contributed by atoms with Crippen molar-refractivity contribution < 1.29 is 5.11 Å². The highest BCUT2D eigenvalue weighted by Gasteiger charge is 2.19. The third kappa shape index (κ3) is 2.75. The molecule has 1 aromatic carbocycles. The van der Waals surface area contributed by atoms with Crippen molar-refractivity contribution >= 4 is 28.9 Å². The van der Waals surface area contributed by atoms with Crippen LogP contribution in [-0.2, 0) is 0 Å². The Morgan fingerprint density at radius 1 is 1.17 bits per heavy atom. The zero-order chi connectivity index (χ0) is 13.1. The summed E-state index contributed by atoms with van der Waals surface area (Å²) in [4.78, 5) is 2.26. The number of nitrogens with zero attached hydrogens (tertiary/aromatic N) is 1. The molecule has 1 aromatic rings. The normalized spacial score (nSPS) is 17.9. The van der Waals surface area contributed by atoms with E-state index in [1.165, 1.54) is 19.3 Å². The molecule has 0 saturated carbocycles. The lowest BCUT2D eigenvalue weighted by Crippen LogP contribution is -2.29. The van der Waals surface area contributed by atoms with Crippen LogP contribution in [0.25, 0.3) is 0 Å². The summed E-state index contributed by atoms with van der Waals surface area (Å²) < 4.78 is 0. The Bertz CT molecular complexity index is 420. The Morgan fingerprint density at radius 3 is 2.44 bits per heavy atom. The quantitative estimate of drug-likeness (QED) is 0.899. The molecule has 100 valence electrons. The lowest BCUT2D eigenvalue weighted by molar-refractivity contribution is 0.268. The van der Waals surface area contributed by atoms with Gasteiger partial charge < -0.3 is 15.7 Å². The van der Waals surface area contributed by atoms with E-state index in [4.69, 9.17) is 34.0 Å². The number of aliphatic hydroxyl groups excluding tert-OH is 1. The van der Waals surface area contributed by atoms with E-state index in [1.807, 2.05) is 12.1 Å². The Hall–Kier alpha value is -0.480. The van der Waals surface area contributed by atoms with Gasteiger partial charge in [0, 0.05) is 13.1 Å². The van der Waals surface area contributed by atoms with Crippen LogP contribution in [0.2, 0.25) is 10.0 Å². The molecule has 0 bridgehead atoms. The minimum atomic E-state index is -0.481. The molecule has 0 unspecified atom stereocenters. The van der Waals surface area contributed by atoms with Crippen molar-refractivity contribution in [2.45, 2.75) is 25.3 Å². The fraction of sp³-hybridized carbons (Fsp3) is 0.538. The third-order valence-electron chi connectivity index (χ3n) is 3.38. The van der Waals surface area contributed by atoms with Gasteiger partial charge >= 0.3 is 0 Å². The summed E-state index contributed by atoms with van der Waals surface area (Å²) in [5.74, 6) is 0. The van der Waals surface area contributed by atoms with Gasteiger partial charge in [-0.15, -0.1) is 0 Å². The summed E-state index contributed by atoms with van der Waals surface area (Å²) in [6.07, 6.45) is 3.65. The lowest BCUT2D eigenvalue weighted by atomic mass is 10.1. The lowest BCUT2D eigenvalue weighted by Gasteiger charge is -2.30. The summed E-state index contributed by atoms with van der Waals surface area (Å²) in [5, 5.41) is 10.1. The first-order chi connectivity index (χ1) is 8.65. The summed E-state index contributed by atoms with van der Waals surface area (Å²) in [5.41, 5.74) is 7.45. The highest BCUT2D eigenvalue weighted by molar-refractivity contribution is 6.44. The highest BCUT2D eigenvalue weighted by atomic mass is 35.5. The van der Waals surface area contributed by atoms with Crippen molar-refractivity contribution in [2.24, 2.45) is 5.73 Å². The van der Waals surface area contributed by atoms with Gasteiger partial charge in [0.2, 0.25) is 0 Å². The Balaban J connectivity index is 2.30. The molecule has 1 aliphatic rings. The third-order valence-corrected chi connectivity index (χ3v) is 4.27. The molecule has 3 N–H and O–H groups in total. The molecule has 5 heteroatoms. The van der Waals surface area contributed by atoms with Gasteiger partial charge in [0.1, 0.15) is 0 Å². The van der Waals surface area contributed by atoms with Crippen molar-refractivity contribution in [1.29, 1.82) is 0 Å². The van der Waals surface area contributed by atoms with Crippen LogP contribution >= 0.6 is 23.2 Å². The van der Waals surface area contributed by atoms with Gasteiger partial charge in [-0.05, 0) is 30.9 Å². The Kier molecular flexibility index (Phi) is 4.73. The molecule has 3 nitrogen and oxygen atoms in total. The zero-order valence-electron chi connectivity index (χ0n) is 10.2. The van der Waals surface area contributed by atoms with Crippen LogP contribution in [0.15, 0.2) is 12.1 Å². The second kappa shape index (κ2) is 6.11. The van der Waals surface area contributed by atoms with E-state index in [9.17, 15) is 0 Å². The first-order valence-electron chi connectivity index (χ1n) is 6.24. The SMILES string of the molecule is N[C@H](CO)c1ccc(N2CCCCC2)c(Cl)c1Cl. The topological polar surface area (TPSA) is 49.5 Å². The van der Waals surface area contributed by atoms with Crippen molar-refractivity contribution in [3.8, 4) is 0 Å². The highest BCUT2D eigenvalue weighted by Crippen LogP contribution is 2.38. The second-order valence-electron chi connectivity index (χ2n) is 4.64. The molecule has 1 aliphatic heterocycles. The van der Waals surface area contributed by atoms with Crippen LogP contribution in [-0.4, -0.2) is 24.8 Å². The number of halogens is 2. The number of aliphatic hydroxyl groups is 1. The van der Waals surface area contributed by atoms with Crippen LogP contribution in [0.4, 0.5) is 5.69 Å². The van der Waals surface area contributed by atoms with Crippen molar-refractivity contribution in [3.05, 3.63) is 27.7 Å². The minimum absolute atomic E-state index is 0.140. The maximum absolute atomic E-state index is 9.08. The van der Waals surface area contributed by atoms with E-state index in [0.717, 1.165) is 18.8 Å². The van der Waals surface area contributed by atoms with E-state index in [0.29, 0.717) is 15.6 Å². The number of nitrogens with two attached hydrogens (primary N) is 1. The standard InChI is InChI=1S/C13H18Cl2N2O/c14-12-9(10(16)8-18)4-5-11(13(12)15)17-6-2-1-3-7-17/h4-5,10,18H,1-3,6-8,16H2/t10-/m1/s1. The van der Waals surface area contributed by atoms with Crippen LogP contribution in [0.3, 0.4) is 0 Å². The largest absolute Gasteiger partial charge is 0.394 e. The van der Waals surface area contributed by atoms with Crippen molar-refractivity contribution in [3.63, 3.8) is 0 Å². The summed E-state index contributed by atoms with van der Waals surface area (Å²) >= 11 is 12.6. The monoisotopic (exact) mass is 288 g/mol. The molecule has 0 amide bonds. The van der Waals surface area contributed by atoms with Gasteiger partial charge in [0.25, 0.3) is 0 Å². The molecular weight excluding hydrogens is 271 g/mol. The van der Waals surface area contributed by atoms with E-state index < -0.39 is 6.04 Å². The van der Waals surface area contributed by atoms with Gasteiger partial charge in [0.05, 0.1) is 28.4 Å². The molecule has 0 radical (unpaired) electrons. The fourth-order valence-electron chi connectivity index (χ4n) is 2.32. The molecule has 1 fully saturated rings. The van der Waals surface area contributed by atoms with Crippen molar-refractivity contribution in [1.82, 2.24) is 0 Å². The summed E-state index contributed by atoms with van der Waals surface area (Å²) in [6, 6.07) is 3.33. The molecule has 0 spiro atoms. The molecular formula is C13H18Cl2N2O. The van der Waals surface area contributed by atoms with Crippen molar-refractivity contribution in [2.75, 3.05) is 24.6 Å². The maximum Gasteiger partial charge on any atom is 0.0829 e. The van der Waals surface area contributed by atoms with E-state index in [1.54, 1.807) is 0 Å². The smallest absolute Gasteiger partial charge is 0.0829 e. The van der Waals surface area contributed by atoms with Crippen LogP contribution in [0.5, 0.6) is 0 Å². The molecule has 2 rings (SSSR count). The average molecular weight is 289 g/mol. The van der Waals surface area contributed by atoms with Crippen LogP contribution in [0, 0.1) is 0 Å². The van der Waals surface area contributed by atoms with E-state index in [2.05, 4.69) is 4.90 Å². The molecule has 18 heavy (non-hydrogen) atoms. The molecule has 0 aromatic heterocycles. The summed E-state index contributed by atoms with van der Waals surface area (Å²) in [7, 11) is 0. The number of rotatable bonds is 3. The van der Waals surface area contributed by atoms with Gasteiger partial charge in [-0.3, -0.25) is 0 Å². The predicted octanol–water partition coefficient (Wildman–Crippen LogP) is 2.98. The summed E-state index contributed by atoms with van der Waals surface area (Å²) in [6.45, 7) is 1.89. The second-order valence-corrected chi connectivity index (χ2v) is 5.39. The average Bonchev–Trinajstić information content (AvgIpc) is 2.42. The van der Waals surface area contributed by atoms with Gasteiger partial charge in [-0.25, -0.2) is 0 Å². The van der Waals surface area contributed by atoms with Crippen LogP contribution in [0.1, 0.15) is 30.9 Å². The number of benzene rings is 1. The van der Waals surface area contributed by atoms with Gasteiger partial charge in [-0.2, -0.15) is 0 Å². The maximum atomic E-state index is 9.08. The van der Waals surface area contributed by atoms with Gasteiger partial charge in [-0.1, -0.05) is 29.3 Å². The Labute approximate surface area is 117 Å². The minimum Gasteiger partial charge on any atom is -0.394 e. The zero-order valence-corrected chi connectivity index (χ0v) is 11.7.